The first kappa shape index (κ1) is 5.23. The van der Waals surface area contributed by atoms with E-state index in [1.807, 2.05) is 0 Å². The van der Waals surface area contributed by atoms with E-state index in [-0.39, 0.29) is 0 Å². The Morgan fingerprint density at radius 3 is 2.60 bits per heavy atom. The minimum absolute atomic E-state index is 0.764. The summed E-state index contributed by atoms with van der Waals surface area (Å²) in [5.74, 6) is 0. The molecule has 1 nitrogen and oxygen atoms in total. The van der Waals surface area contributed by atoms with Gasteiger partial charge in [-0.25, -0.2) is 0 Å². The third kappa shape index (κ3) is 4.23. The fourth-order valence-electron chi connectivity index (χ4n) is 0.0481. The molecule has 0 rings (SSSR count). The van der Waals surface area contributed by atoms with Gasteiger partial charge in [-0.1, -0.05) is 0 Å². The van der Waals surface area contributed by atoms with Crippen molar-refractivity contribution in [2.45, 2.75) is 4.81 Å². The standard InChI is InChI=1S/C3H5.O.W/c1-3-2;;/h3H,1-2H2;;. The quantitative estimate of drug-likeness (QED) is 0.659. The van der Waals surface area contributed by atoms with Crippen molar-refractivity contribution in [3.05, 3.63) is 12.7 Å². The molecule has 0 N–H and O–H groups in total. The topological polar surface area (TPSA) is 17.1 Å². The van der Waals surface area contributed by atoms with E-state index in [0.29, 0.717) is 0 Å². The van der Waals surface area contributed by atoms with Crippen LogP contribution in [-0.4, -0.2) is 0 Å². The first-order valence-corrected chi connectivity index (χ1v) is 4.54. The fraction of sp³-hybridized carbons (Fsp3) is 0.333. The predicted molar refractivity (Wildman–Crippen MR) is 15.7 cm³/mol. The van der Waals surface area contributed by atoms with Crippen LogP contribution in [0.3, 0.4) is 0 Å². The molecule has 0 unspecified atom stereocenters. The number of hydrogen-bond acceptors (Lipinski definition) is 1. The zero-order valence-corrected chi connectivity index (χ0v) is 5.74. The maximum atomic E-state index is 9.63. The Morgan fingerprint density at radius 2 is 2.60 bits per heavy atom. The molecule has 0 spiro atoms. The van der Waals surface area contributed by atoms with Crippen LogP contribution in [0, 0.1) is 0 Å². The van der Waals surface area contributed by atoms with Crippen molar-refractivity contribution < 1.29 is 21.9 Å². The zero-order valence-electron chi connectivity index (χ0n) is 2.81. The van der Waals surface area contributed by atoms with Crippen LogP contribution in [0.5, 0.6) is 0 Å². The van der Waals surface area contributed by atoms with Gasteiger partial charge in [0.1, 0.15) is 0 Å². The van der Waals surface area contributed by atoms with Gasteiger partial charge in [0.2, 0.25) is 0 Å². The molecule has 0 fully saturated rings. The average molecular weight is 241 g/mol. The third-order valence-corrected chi connectivity index (χ3v) is 1.52. The van der Waals surface area contributed by atoms with Crippen LogP contribution in [-0.2, 0) is 21.9 Å². The molecule has 2 heteroatoms. The van der Waals surface area contributed by atoms with Crippen LogP contribution < -0.4 is 0 Å². The van der Waals surface area contributed by atoms with Gasteiger partial charge in [-0.2, -0.15) is 0 Å². The van der Waals surface area contributed by atoms with Crippen molar-refractivity contribution in [2.24, 2.45) is 0 Å². The molecule has 0 radical (unpaired) electrons. The Balaban J connectivity index is 2.65. The van der Waals surface area contributed by atoms with Gasteiger partial charge in [-0.3, -0.25) is 0 Å². The van der Waals surface area contributed by atoms with E-state index in [1.165, 1.54) is 0 Å². The van der Waals surface area contributed by atoms with E-state index in [9.17, 15) is 3.40 Å². The Kier molecular flexibility index (Phi) is 4.42. The summed E-state index contributed by atoms with van der Waals surface area (Å²) in [4.78, 5) is 0.764. The van der Waals surface area contributed by atoms with Crippen molar-refractivity contribution in [3.8, 4) is 0 Å². The molecular formula is C3H5OW. The SMILES string of the molecule is C=C[CH2][W]=[O]. The van der Waals surface area contributed by atoms with E-state index in [2.05, 4.69) is 6.58 Å². The predicted octanol–water partition coefficient (Wildman–Crippen LogP) is 1.02. The molecule has 0 heterocycles. The summed E-state index contributed by atoms with van der Waals surface area (Å²) in [5, 5.41) is 0. The van der Waals surface area contributed by atoms with Gasteiger partial charge in [0.15, 0.2) is 0 Å². The molecule has 0 aliphatic rings. The molecule has 0 aliphatic carbocycles. The number of hydrogen-bond donors (Lipinski definition) is 0. The van der Waals surface area contributed by atoms with Gasteiger partial charge in [-0.15, -0.1) is 0 Å². The van der Waals surface area contributed by atoms with Crippen LogP contribution in [0.1, 0.15) is 0 Å². The summed E-state index contributed by atoms with van der Waals surface area (Å²) >= 11 is -1.14. The Morgan fingerprint density at radius 1 is 2.00 bits per heavy atom. The van der Waals surface area contributed by atoms with Crippen molar-refractivity contribution in [2.75, 3.05) is 0 Å². The summed E-state index contributed by atoms with van der Waals surface area (Å²) in [7, 11) is 0. The Bertz CT molecular complexity index is 36.2. The van der Waals surface area contributed by atoms with Gasteiger partial charge in [-0.05, 0) is 0 Å². The van der Waals surface area contributed by atoms with E-state index >= 15 is 0 Å². The van der Waals surface area contributed by atoms with Gasteiger partial charge in [0.05, 0.1) is 0 Å². The maximum absolute atomic E-state index is 9.63. The van der Waals surface area contributed by atoms with Crippen LogP contribution in [0.2, 0.25) is 4.81 Å². The van der Waals surface area contributed by atoms with Crippen molar-refractivity contribution in [3.63, 3.8) is 0 Å². The monoisotopic (exact) mass is 241 g/mol. The molecule has 0 saturated carbocycles. The first-order valence-electron chi connectivity index (χ1n) is 1.27. The molecule has 0 aromatic rings. The molecule has 0 amide bonds. The number of rotatable bonds is 2. The first-order chi connectivity index (χ1) is 2.41. The van der Waals surface area contributed by atoms with Crippen LogP contribution in [0.4, 0.5) is 0 Å². The molecule has 0 aromatic carbocycles. The van der Waals surface area contributed by atoms with Crippen LogP contribution >= 0.6 is 0 Å². The van der Waals surface area contributed by atoms with Gasteiger partial charge in [0, 0.05) is 0 Å². The second-order valence-electron chi connectivity index (χ2n) is 0.573. The molecule has 0 aromatic heterocycles. The van der Waals surface area contributed by atoms with E-state index in [0.717, 1.165) is 4.81 Å². The molecular weight excluding hydrogens is 236 g/mol. The minimum atomic E-state index is -1.14. The van der Waals surface area contributed by atoms with Crippen LogP contribution in [0.25, 0.3) is 0 Å². The second kappa shape index (κ2) is 4.23. The van der Waals surface area contributed by atoms with Crippen molar-refractivity contribution >= 4 is 0 Å². The Hall–Kier alpha value is 0.228. The summed E-state index contributed by atoms with van der Waals surface area (Å²) < 4.78 is 9.63. The third-order valence-electron chi connectivity index (χ3n) is 0.186. The second-order valence-corrected chi connectivity index (χ2v) is 2.62. The van der Waals surface area contributed by atoms with E-state index in [1.54, 1.807) is 6.08 Å². The van der Waals surface area contributed by atoms with Crippen LogP contribution in [0.15, 0.2) is 12.7 Å². The zero-order chi connectivity index (χ0) is 4.12. The van der Waals surface area contributed by atoms with E-state index < -0.39 is 18.5 Å². The van der Waals surface area contributed by atoms with Crippen molar-refractivity contribution in [1.29, 1.82) is 0 Å². The summed E-state index contributed by atoms with van der Waals surface area (Å²) in [6.07, 6.45) is 1.69. The summed E-state index contributed by atoms with van der Waals surface area (Å²) in [6.45, 7) is 3.39. The molecule has 0 saturated heterocycles. The molecule has 0 atom stereocenters. The van der Waals surface area contributed by atoms with Gasteiger partial charge in [0.25, 0.3) is 0 Å². The molecule has 5 heavy (non-hydrogen) atoms. The number of allylic oxidation sites excluding steroid dienone is 1. The molecule has 0 bridgehead atoms. The fourth-order valence-corrected chi connectivity index (χ4v) is 0.394. The van der Waals surface area contributed by atoms with Gasteiger partial charge < -0.3 is 0 Å². The normalized spacial score (nSPS) is 6.40. The van der Waals surface area contributed by atoms with E-state index in [4.69, 9.17) is 0 Å². The molecule has 29 valence electrons. The summed E-state index contributed by atoms with van der Waals surface area (Å²) in [5.41, 5.74) is 0. The molecule has 0 aliphatic heterocycles. The Labute approximate surface area is 39.9 Å². The van der Waals surface area contributed by atoms with Crippen molar-refractivity contribution in [1.82, 2.24) is 0 Å². The average Bonchev–Trinajstić information content (AvgIpc) is 1.41. The van der Waals surface area contributed by atoms with Gasteiger partial charge >= 0.3 is 39.4 Å². The summed E-state index contributed by atoms with van der Waals surface area (Å²) in [6, 6.07) is 0.